The topological polar surface area (TPSA) is 3.24 Å². The summed E-state index contributed by atoms with van der Waals surface area (Å²) in [5, 5.41) is 0. The summed E-state index contributed by atoms with van der Waals surface area (Å²) in [7, 11) is 0. The summed E-state index contributed by atoms with van der Waals surface area (Å²) in [5.41, 5.74) is 11.8. The van der Waals surface area contributed by atoms with E-state index in [4.69, 9.17) is 0 Å². The molecule has 0 spiro atoms. The molecule has 0 saturated heterocycles. The van der Waals surface area contributed by atoms with E-state index in [9.17, 15) is 26.3 Å². The van der Waals surface area contributed by atoms with Crippen molar-refractivity contribution < 1.29 is 26.3 Å². The van der Waals surface area contributed by atoms with E-state index in [-0.39, 0.29) is 0 Å². The van der Waals surface area contributed by atoms with Gasteiger partial charge in [-0.1, -0.05) is 163 Å². The highest BCUT2D eigenvalue weighted by Crippen LogP contribution is 2.58. The number of rotatable bonds is 7. The fourth-order valence-corrected chi connectivity index (χ4v) is 10.7. The second-order valence-corrected chi connectivity index (χ2v) is 17.1. The van der Waals surface area contributed by atoms with Crippen molar-refractivity contribution in [1.29, 1.82) is 0 Å². The summed E-state index contributed by atoms with van der Waals surface area (Å²) < 4.78 is 83.6. The third kappa shape index (κ3) is 6.24. The molecule has 1 nitrogen and oxygen atoms in total. The maximum absolute atomic E-state index is 13.9. The van der Waals surface area contributed by atoms with E-state index >= 15 is 0 Å². The third-order valence-electron chi connectivity index (χ3n) is 13.6. The minimum Gasteiger partial charge on any atom is -0.311 e. The predicted molar refractivity (Wildman–Crippen MR) is 250 cm³/mol. The summed E-state index contributed by atoms with van der Waals surface area (Å²) in [4.78, 5) is 2.16. The fraction of sp³-hybridized carbons (Fsp3) is 0.0847. The van der Waals surface area contributed by atoms with Crippen molar-refractivity contribution in [2.75, 3.05) is 4.90 Å². The average molecular weight is 876 g/mol. The minimum atomic E-state index is -4.48. The Morgan fingerprint density at radius 3 is 0.818 bits per heavy atom. The first-order valence-electron chi connectivity index (χ1n) is 21.7. The summed E-state index contributed by atoms with van der Waals surface area (Å²) in [5.74, 6) is 0. The van der Waals surface area contributed by atoms with E-state index in [2.05, 4.69) is 126 Å². The van der Waals surface area contributed by atoms with Crippen LogP contribution in [0.1, 0.15) is 61.2 Å². The lowest BCUT2D eigenvalue weighted by Crippen LogP contribution is -2.29. The molecular formula is C59H39F6N. The second-order valence-electron chi connectivity index (χ2n) is 17.1. The van der Waals surface area contributed by atoms with E-state index < -0.39 is 34.3 Å². The molecule has 9 aromatic carbocycles. The lowest BCUT2D eigenvalue weighted by atomic mass is 9.67. The molecule has 2 aliphatic carbocycles. The monoisotopic (exact) mass is 875 g/mol. The minimum absolute atomic E-state index is 0.706. The number of hydrogen-bond acceptors (Lipinski definition) is 1. The molecule has 322 valence electrons. The maximum Gasteiger partial charge on any atom is 0.416 e. The van der Waals surface area contributed by atoms with E-state index in [0.29, 0.717) is 0 Å². The van der Waals surface area contributed by atoms with Gasteiger partial charge in [-0.2, -0.15) is 26.3 Å². The molecule has 0 aliphatic heterocycles. The Kier molecular flexibility index (Phi) is 9.48. The number of alkyl halides is 6. The van der Waals surface area contributed by atoms with Crippen LogP contribution in [-0.4, -0.2) is 0 Å². The number of anilines is 3. The van der Waals surface area contributed by atoms with Crippen LogP contribution in [0.2, 0.25) is 0 Å². The Morgan fingerprint density at radius 2 is 0.545 bits per heavy atom. The summed E-state index contributed by atoms with van der Waals surface area (Å²) in [6, 6.07) is 68.3. The van der Waals surface area contributed by atoms with Gasteiger partial charge in [0, 0.05) is 17.1 Å². The molecule has 11 rings (SSSR count). The Balaban J connectivity index is 1.06. The van der Waals surface area contributed by atoms with Crippen molar-refractivity contribution in [3.63, 3.8) is 0 Å². The van der Waals surface area contributed by atoms with E-state index in [1.807, 2.05) is 55.5 Å². The molecule has 2 aliphatic rings. The van der Waals surface area contributed by atoms with Crippen LogP contribution in [0.3, 0.4) is 0 Å². The summed E-state index contributed by atoms with van der Waals surface area (Å²) >= 11 is 0. The SMILES string of the molecule is Cc1ccc(N(c2ccc(C3(c4ccc(C(F)(F)F)cc4)c4ccccc4-c4ccccc43)cc2)c2ccc(C3(c4ccc(C(F)(F)F)cc4)c4ccccc4-c4ccccc43)cc2)cc1. The van der Waals surface area contributed by atoms with Gasteiger partial charge in [0.1, 0.15) is 0 Å². The van der Waals surface area contributed by atoms with Crippen molar-refractivity contribution in [2.24, 2.45) is 0 Å². The molecule has 7 heteroatoms. The number of fused-ring (bicyclic) bond motifs is 6. The number of halogens is 6. The van der Waals surface area contributed by atoms with Crippen LogP contribution in [0.4, 0.5) is 43.4 Å². The van der Waals surface area contributed by atoms with Gasteiger partial charge in [-0.25, -0.2) is 0 Å². The van der Waals surface area contributed by atoms with Gasteiger partial charge in [0.05, 0.1) is 22.0 Å². The van der Waals surface area contributed by atoms with Crippen LogP contribution in [0, 0.1) is 6.92 Å². The largest absolute Gasteiger partial charge is 0.416 e. The third-order valence-corrected chi connectivity index (χ3v) is 13.6. The Labute approximate surface area is 378 Å². The number of benzene rings is 9. The standard InChI is InChI=1S/C59H39F6N/c1-38-18-32-45(33-19-38)66(46-34-28-41(29-35-46)56(39-20-24-43(25-21-39)58(60,61)62)52-14-6-2-10-48(52)49-11-3-7-15-53(49)56)47-36-30-42(31-37-47)57(40-22-26-44(27-23-40)59(63,64)65)54-16-8-4-12-50(54)51-13-5-9-17-55(51)57/h2-37H,1H3. The molecule has 0 bridgehead atoms. The zero-order valence-electron chi connectivity index (χ0n) is 35.5. The highest BCUT2D eigenvalue weighted by atomic mass is 19.4. The van der Waals surface area contributed by atoms with Crippen molar-refractivity contribution in [3.8, 4) is 22.3 Å². The molecule has 0 unspecified atom stereocenters. The molecule has 0 fully saturated rings. The van der Waals surface area contributed by atoms with Crippen LogP contribution in [0.15, 0.2) is 218 Å². The van der Waals surface area contributed by atoms with E-state index in [0.717, 1.165) is 89.4 Å². The van der Waals surface area contributed by atoms with Crippen molar-refractivity contribution in [3.05, 3.63) is 280 Å². The zero-order valence-corrected chi connectivity index (χ0v) is 35.5. The molecule has 0 saturated carbocycles. The molecule has 0 radical (unpaired) electrons. The molecule has 0 N–H and O–H groups in total. The highest BCUT2D eigenvalue weighted by Gasteiger charge is 2.48. The molecule has 0 amide bonds. The molecular weight excluding hydrogens is 837 g/mol. The van der Waals surface area contributed by atoms with Gasteiger partial charge in [-0.15, -0.1) is 0 Å². The van der Waals surface area contributed by atoms with Gasteiger partial charge in [-0.05, 0) is 134 Å². The highest BCUT2D eigenvalue weighted by molar-refractivity contribution is 5.88. The number of aryl methyl sites for hydroxylation is 1. The Hall–Kier alpha value is -7.64. The van der Waals surface area contributed by atoms with Crippen LogP contribution in [-0.2, 0) is 23.2 Å². The van der Waals surface area contributed by atoms with Gasteiger partial charge in [0.2, 0.25) is 0 Å². The molecule has 0 heterocycles. The van der Waals surface area contributed by atoms with Crippen LogP contribution in [0.25, 0.3) is 22.3 Å². The lowest BCUT2D eigenvalue weighted by Gasteiger charge is -2.35. The zero-order chi connectivity index (χ0) is 45.4. The molecule has 66 heavy (non-hydrogen) atoms. The molecule has 9 aromatic rings. The first-order chi connectivity index (χ1) is 31.9. The van der Waals surface area contributed by atoms with Gasteiger partial charge < -0.3 is 4.90 Å². The first kappa shape index (κ1) is 41.1. The van der Waals surface area contributed by atoms with Gasteiger partial charge in [-0.3, -0.25) is 0 Å². The summed E-state index contributed by atoms with van der Waals surface area (Å²) in [6.45, 7) is 2.04. The molecule has 0 aromatic heterocycles. The quantitative estimate of drug-likeness (QED) is 0.144. The maximum atomic E-state index is 13.9. The first-order valence-corrected chi connectivity index (χ1v) is 21.7. The Bertz CT molecular complexity index is 2970. The van der Waals surface area contributed by atoms with Gasteiger partial charge >= 0.3 is 12.4 Å². The van der Waals surface area contributed by atoms with Gasteiger partial charge in [0.15, 0.2) is 0 Å². The number of nitrogens with zero attached hydrogens (tertiary/aromatic N) is 1. The smallest absolute Gasteiger partial charge is 0.311 e. The van der Waals surface area contributed by atoms with E-state index in [1.165, 1.54) is 24.3 Å². The number of hydrogen-bond donors (Lipinski definition) is 0. The predicted octanol–water partition coefficient (Wildman–Crippen LogP) is 16.2. The van der Waals surface area contributed by atoms with Crippen LogP contribution >= 0.6 is 0 Å². The second kappa shape index (κ2) is 15.2. The van der Waals surface area contributed by atoms with Crippen molar-refractivity contribution in [2.45, 2.75) is 30.1 Å². The Morgan fingerprint density at radius 1 is 0.303 bits per heavy atom. The molecule has 0 atom stereocenters. The normalized spacial score (nSPS) is 14.2. The van der Waals surface area contributed by atoms with E-state index in [1.54, 1.807) is 24.3 Å². The van der Waals surface area contributed by atoms with Gasteiger partial charge in [0.25, 0.3) is 0 Å². The van der Waals surface area contributed by atoms with Crippen molar-refractivity contribution >= 4 is 17.1 Å². The van der Waals surface area contributed by atoms with Crippen LogP contribution < -0.4 is 4.90 Å². The van der Waals surface area contributed by atoms with Crippen molar-refractivity contribution in [1.82, 2.24) is 0 Å². The fourth-order valence-electron chi connectivity index (χ4n) is 10.7. The summed E-state index contributed by atoms with van der Waals surface area (Å²) in [6.07, 6.45) is -8.96. The average Bonchev–Trinajstić information content (AvgIpc) is 3.81. The lowest BCUT2D eigenvalue weighted by molar-refractivity contribution is -0.138. The van der Waals surface area contributed by atoms with Crippen LogP contribution in [0.5, 0.6) is 0 Å².